The zero-order chi connectivity index (χ0) is 17.3. The molecule has 0 aliphatic carbocycles. The third-order valence-electron chi connectivity index (χ3n) is 3.68. The molecule has 0 fully saturated rings. The lowest BCUT2D eigenvalue weighted by Gasteiger charge is -2.06. The normalized spacial score (nSPS) is 10.4. The molecule has 0 spiro atoms. The van der Waals surface area contributed by atoms with Crippen molar-refractivity contribution in [1.29, 1.82) is 0 Å². The fraction of sp³-hybridized carbons (Fsp3) is 0.211. The van der Waals surface area contributed by atoms with Crippen LogP contribution < -0.4 is 10.6 Å². The fourth-order valence-corrected chi connectivity index (χ4v) is 2.36. The van der Waals surface area contributed by atoms with Gasteiger partial charge in [0.05, 0.1) is 25.2 Å². The first-order chi connectivity index (χ1) is 12.3. The van der Waals surface area contributed by atoms with Crippen molar-refractivity contribution in [1.82, 2.24) is 15.3 Å². The number of nitrogens with zero attached hydrogens (tertiary/aromatic N) is 2. The van der Waals surface area contributed by atoms with E-state index in [-0.39, 0.29) is 5.91 Å². The molecule has 2 N–H and O–H groups in total. The smallest absolute Gasteiger partial charge is 0.271 e. The minimum atomic E-state index is -0.210. The van der Waals surface area contributed by atoms with E-state index < -0.39 is 0 Å². The van der Waals surface area contributed by atoms with Gasteiger partial charge in [0.15, 0.2) is 0 Å². The molecule has 0 bridgehead atoms. The molecule has 3 rings (SSSR count). The van der Waals surface area contributed by atoms with Crippen molar-refractivity contribution >= 4 is 11.7 Å². The molecule has 1 amide bonds. The number of anilines is 1. The maximum Gasteiger partial charge on any atom is 0.271 e. The predicted octanol–water partition coefficient (Wildman–Crippen LogP) is 3.04. The number of carbonyl (C=O) groups excluding carboxylic acids is 1. The average molecular weight is 336 g/mol. The summed E-state index contributed by atoms with van der Waals surface area (Å²) in [5.74, 6) is 1.19. The Morgan fingerprint density at radius 1 is 1.04 bits per heavy atom. The van der Waals surface area contributed by atoms with Crippen molar-refractivity contribution in [3.8, 4) is 0 Å². The Labute approximate surface area is 146 Å². The van der Waals surface area contributed by atoms with Crippen LogP contribution in [-0.4, -0.2) is 22.4 Å². The number of benzene rings is 1. The van der Waals surface area contributed by atoms with Crippen LogP contribution in [0.2, 0.25) is 0 Å². The summed E-state index contributed by atoms with van der Waals surface area (Å²) in [6.45, 7) is 1.13. The molecule has 25 heavy (non-hydrogen) atoms. The van der Waals surface area contributed by atoms with Gasteiger partial charge in [0, 0.05) is 6.54 Å². The van der Waals surface area contributed by atoms with Crippen LogP contribution in [0.1, 0.15) is 28.2 Å². The quantitative estimate of drug-likeness (QED) is 0.618. The molecule has 0 aliphatic heterocycles. The lowest BCUT2D eigenvalue weighted by atomic mass is 10.1. The lowest BCUT2D eigenvalue weighted by molar-refractivity contribution is 0.0948. The molecule has 0 aliphatic rings. The van der Waals surface area contributed by atoms with Gasteiger partial charge >= 0.3 is 0 Å². The molecule has 6 nitrogen and oxygen atoms in total. The van der Waals surface area contributed by atoms with E-state index in [1.807, 2.05) is 30.3 Å². The summed E-state index contributed by atoms with van der Waals surface area (Å²) in [4.78, 5) is 20.4. The van der Waals surface area contributed by atoms with E-state index in [2.05, 4.69) is 32.7 Å². The summed E-state index contributed by atoms with van der Waals surface area (Å²) in [6, 6.07) is 13.9. The lowest BCUT2D eigenvalue weighted by Crippen LogP contribution is -2.25. The fourth-order valence-electron chi connectivity index (χ4n) is 2.36. The van der Waals surface area contributed by atoms with Crippen molar-refractivity contribution in [2.75, 3.05) is 11.9 Å². The highest BCUT2D eigenvalue weighted by molar-refractivity contribution is 5.91. The van der Waals surface area contributed by atoms with Crippen LogP contribution >= 0.6 is 0 Å². The molecule has 0 saturated carbocycles. The second-order valence-electron chi connectivity index (χ2n) is 5.56. The van der Waals surface area contributed by atoms with Gasteiger partial charge in [-0.05, 0) is 30.5 Å². The number of amides is 1. The van der Waals surface area contributed by atoms with Crippen molar-refractivity contribution in [2.45, 2.75) is 19.4 Å². The number of carbonyl (C=O) groups is 1. The first kappa shape index (κ1) is 16.7. The standard InChI is InChI=1S/C19H20N4O2/c24-19(20-10-4-8-15-6-2-1-3-7-15)17-13-23-18(14-21-17)22-12-16-9-5-11-25-16/h1-3,5-7,9,11,13-14H,4,8,10,12H2,(H,20,24)(H,22,23). The number of nitrogens with one attached hydrogen (secondary N) is 2. The summed E-state index contributed by atoms with van der Waals surface area (Å²) in [6.07, 6.45) is 6.45. The summed E-state index contributed by atoms with van der Waals surface area (Å²) in [5.41, 5.74) is 1.58. The number of aromatic nitrogens is 2. The van der Waals surface area contributed by atoms with Gasteiger partial charge in [-0.2, -0.15) is 0 Å². The van der Waals surface area contributed by atoms with Crippen molar-refractivity contribution in [3.05, 3.63) is 78.1 Å². The zero-order valence-corrected chi connectivity index (χ0v) is 13.8. The third kappa shape index (κ3) is 5.17. The molecule has 2 aromatic heterocycles. The predicted molar refractivity (Wildman–Crippen MR) is 95.2 cm³/mol. The summed E-state index contributed by atoms with van der Waals surface area (Å²) in [7, 11) is 0. The minimum absolute atomic E-state index is 0.210. The Kier molecular flexibility index (Phi) is 5.77. The van der Waals surface area contributed by atoms with E-state index in [0.717, 1.165) is 18.6 Å². The van der Waals surface area contributed by atoms with Crippen molar-refractivity contribution in [3.63, 3.8) is 0 Å². The molecular formula is C19H20N4O2. The monoisotopic (exact) mass is 336 g/mol. The van der Waals surface area contributed by atoms with Crippen LogP contribution in [0.25, 0.3) is 0 Å². The Morgan fingerprint density at radius 2 is 1.92 bits per heavy atom. The first-order valence-corrected chi connectivity index (χ1v) is 8.22. The zero-order valence-electron chi connectivity index (χ0n) is 13.8. The molecule has 0 saturated heterocycles. The van der Waals surface area contributed by atoms with E-state index in [4.69, 9.17) is 4.42 Å². The molecule has 6 heteroatoms. The van der Waals surface area contributed by atoms with Crippen molar-refractivity contribution < 1.29 is 9.21 Å². The van der Waals surface area contributed by atoms with Gasteiger partial charge in [0.2, 0.25) is 0 Å². The van der Waals surface area contributed by atoms with E-state index in [9.17, 15) is 4.79 Å². The number of rotatable bonds is 8. The van der Waals surface area contributed by atoms with Gasteiger partial charge in [0.25, 0.3) is 5.91 Å². The molecular weight excluding hydrogens is 316 g/mol. The largest absolute Gasteiger partial charge is 0.467 e. The number of hydrogen-bond donors (Lipinski definition) is 2. The van der Waals surface area contributed by atoms with Gasteiger partial charge in [0.1, 0.15) is 17.3 Å². The van der Waals surface area contributed by atoms with Gasteiger partial charge < -0.3 is 15.1 Å². The molecule has 0 atom stereocenters. The third-order valence-corrected chi connectivity index (χ3v) is 3.68. The number of hydrogen-bond acceptors (Lipinski definition) is 5. The summed E-state index contributed by atoms with van der Waals surface area (Å²) >= 11 is 0. The van der Waals surface area contributed by atoms with E-state index in [0.29, 0.717) is 24.6 Å². The molecule has 2 heterocycles. The van der Waals surface area contributed by atoms with E-state index >= 15 is 0 Å². The first-order valence-electron chi connectivity index (χ1n) is 8.22. The van der Waals surface area contributed by atoms with E-state index in [1.165, 1.54) is 11.8 Å². The van der Waals surface area contributed by atoms with Crippen LogP contribution in [0, 0.1) is 0 Å². The SMILES string of the molecule is O=C(NCCCc1ccccc1)c1cnc(NCc2ccco2)cn1. The van der Waals surface area contributed by atoms with Gasteiger partial charge in [-0.15, -0.1) is 0 Å². The molecule has 0 radical (unpaired) electrons. The Morgan fingerprint density at radius 3 is 2.64 bits per heavy atom. The van der Waals surface area contributed by atoms with E-state index in [1.54, 1.807) is 12.5 Å². The second kappa shape index (κ2) is 8.63. The second-order valence-corrected chi connectivity index (χ2v) is 5.56. The maximum absolute atomic E-state index is 12.1. The molecule has 0 unspecified atom stereocenters. The molecule has 3 aromatic rings. The van der Waals surface area contributed by atoms with Crippen LogP contribution in [0.5, 0.6) is 0 Å². The maximum atomic E-state index is 12.1. The van der Waals surface area contributed by atoms with Gasteiger partial charge in [-0.1, -0.05) is 30.3 Å². The molecule has 128 valence electrons. The van der Waals surface area contributed by atoms with Crippen molar-refractivity contribution in [2.24, 2.45) is 0 Å². The number of aryl methyl sites for hydroxylation is 1. The summed E-state index contributed by atoms with van der Waals surface area (Å²) in [5, 5.41) is 5.95. The highest BCUT2D eigenvalue weighted by atomic mass is 16.3. The minimum Gasteiger partial charge on any atom is -0.467 e. The van der Waals surface area contributed by atoms with Gasteiger partial charge in [-0.3, -0.25) is 4.79 Å². The highest BCUT2D eigenvalue weighted by Gasteiger charge is 2.07. The topological polar surface area (TPSA) is 80.0 Å². The van der Waals surface area contributed by atoms with Crippen LogP contribution in [0.15, 0.2) is 65.5 Å². The molecule has 1 aromatic carbocycles. The Bertz CT molecular complexity index is 771. The average Bonchev–Trinajstić information content (AvgIpc) is 3.18. The highest BCUT2D eigenvalue weighted by Crippen LogP contribution is 2.06. The van der Waals surface area contributed by atoms with Gasteiger partial charge in [-0.25, -0.2) is 9.97 Å². The van der Waals surface area contributed by atoms with Crippen LogP contribution in [-0.2, 0) is 13.0 Å². The van der Waals surface area contributed by atoms with Crippen LogP contribution in [0.3, 0.4) is 0 Å². The Balaban J connectivity index is 1.41. The summed E-state index contributed by atoms with van der Waals surface area (Å²) < 4.78 is 5.23. The van der Waals surface area contributed by atoms with Crippen LogP contribution in [0.4, 0.5) is 5.82 Å². The Hall–Kier alpha value is -3.15. The number of furan rings is 1.